The van der Waals surface area contributed by atoms with Crippen molar-refractivity contribution in [3.8, 4) is 11.5 Å². The standard InChI is InChI=1S/C13H17BrO3/c1-13(2,3)12(15)8-6-10(16-4)11(17-5)7-9(8)14/h6-7H,1-5H3. The molecule has 0 N–H and O–H groups in total. The first kappa shape index (κ1) is 14.0. The van der Waals surface area contributed by atoms with E-state index in [4.69, 9.17) is 9.47 Å². The van der Waals surface area contributed by atoms with Crippen molar-refractivity contribution < 1.29 is 14.3 Å². The van der Waals surface area contributed by atoms with Gasteiger partial charge in [-0.3, -0.25) is 4.79 Å². The van der Waals surface area contributed by atoms with E-state index in [0.717, 1.165) is 4.47 Å². The normalized spacial score (nSPS) is 11.2. The van der Waals surface area contributed by atoms with Crippen LogP contribution in [-0.2, 0) is 0 Å². The van der Waals surface area contributed by atoms with E-state index in [0.29, 0.717) is 17.1 Å². The van der Waals surface area contributed by atoms with Crippen molar-refractivity contribution >= 4 is 21.7 Å². The second kappa shape index (κ2) is 5.08. The fourth-order valence-electron chi connectivity index (χ4n) is 1.43. The number of rotatable bonds is 3. The Morgan fingerprint density at radius 2 is 1.59 bits per heavy atom. The molecule has 1 rings (SSSR count). The third-order valence-corrected chi connectivity index (χ3v) is 3.06. The van der Waals surface area contributed by atoms with E-state index in [1.54, 1.807) is 26.4 Å². The molecule has 0 amide bonds. The van der Waals surface area contributed by atoms with Gasteiger partial charge in [-0.1, -0.05) is 20.8 Å². The molecule has 94 valence electrons. The largest absolute Gasteiger partial charge is 0.493 e. The van der Waals surface area contributed by atoms with Crippen LogP contribution in [-0.4, -0.2) is 20.0 Å². The minimum atomic E-state index is -0.428. The monoisotopic (exact) mass is 300 g/mol. The summed E-state index contributed by atoms with van der Waals surface area (Å²) >= 11 is 3.39. The molecule has 17 heavy (non-hydrogen) atoms. The van der Waals surface area contributed by atoms with Gasteiger partial charge >= 0.3 is 0 Å². The summed E-state index contributed by atoms with van der Waals surface area (Å²) in [5.41, 5.74) is 0.178. The molecule has 1 aromatic carbocycles. The van der Waals surface area contributed by atoms with Crippen LogP contribution in [0.1, 0.15) is 31.1 Å². The number of ether oxygens (including phenoxy) is 2. The van der Waals surface area contributed by atoms with Crippen molar-refractivity contribution in [2.75, 3.05) is 14.2 Å². The van der Waals surface area contributed by atoms with E-state index in [2.05, 4.69) is 15.9 Å². The van der Waals surface area contributed by atoms with Gasteiger partial charge in [-0.25, -0.2) is 0 Å². The number of Topliss-reactive ketones (excluding diaryl/α,β-unsaturated/α-hetero) is 1. The van der Waals surface area contributed by atoms with E-state index < -0.39 is 5.41 Å². The highest BCUT2D eigenvalue weighted by atomic mass is 79.9. The zero-order valence-corrected chi connectivity index (χ0v) is 12.3. The Labute approximate surface area is 110 Å². The highest BCUT2D eigenvalue weighted by Crippen LogP contribution is 2.35. The number of hydrogen-bond donors (Lipinski definition) is 0. The SMILES string of the molecule is COc1cc(Br)c(C(=O)C(C)(C)C)cc1OC. The molecule has 4 heteroatoms. The summed E-state index contributed by atoms with van der Waals surface area (Å²) < 4.78 is 11.1. The van der Waals surface area contributed by atoms with Gasteiger partial charge in [0.05, 0.1) is 14.2 Å². The predicted octanol–water partition coefficient (Wildman–Crippen LogP) is 3.70. The molecule has 0 saturated carbocycles. The smallest absolute Gasteiger partial charge is 0.169 e. The van der Waals surface area contributed by atoms with Crippen LogP contribution < -0.4 is 9.47 Å². The summed E-state index contributed by atoms with van der Waals surface area (Å²) in [5.74, 6) is 1.22. The third-order valence-electron chi connectivity index (χ3n) is 2.40. The van der Waals surface area contributed by atoms with Gasteiger partial charge < -0.3 is 9.47 Å². The Hall–Kier alpha value is -1.03. The van der Waals surface area contributed by atoms with Crippen LogP contribution in [0.3, 0.4) is 0 Å². The number of carbonyl (C=O) groups is 1. The molecule has 0 aliphatic rings. The average Bonchev–Trinajstić information content (AvgIpc) is 2.26. The van der Waals surface area contributed by atoms with Crippen molar-refractivity contribution in [2.24, 2.45) is 5.41 Å². The molecule has 0 spiro atoms. The van der Waals surface area contributed by atoms with Gasteiger partial charge in [0, 0.05) is 15.5 Å². The lowest BCUT2D eigenvalue weighted by Gasteiger charge is -2.19. The first-order valence-electron chi connectivity index (χ1n) is 5.27. The lowest BCUT2D eigenvalue weighted by atomic mass is 9.86. The molecule has 0 bridgehead atoms. The molecule has 1 aromatic rings. The van der Waals surface area contributed by atoms with Gasteiger partial charge in [0.2, 0.25) is 0 Å². The first-order valence-corrected chi connectivity index (χ1v) is 6.07. The average molecular weight is 301 g/mol. The molecule has 0 aromatic heterocycles. The maximum Gasteiger partial charge on any atom is 0.169 e. The molecule has 3 nitrogen and oxygen atoms in total. The Bertz CT molecular complexity index is 433. The fourth-order valence-corrected chi connectivity index (χ4v) is 1.93. The third kappa shape index (κ3) is 3.00. The van der Waals surface area contributed by atoms with Gasteiger partial charge in [-0.2, -0.15) is 0 Å². The van der Waals surface area contributed by atoms with Crippen LogP contribution in [0.15, 0.2) is 16.6 Å². The summed E-state index contributed by atoms with van der Waals surface area (Å²) in [6.07, 6.45) is 0. The second-order valence-corrected chi connectivity index (χ2v) is 5.62. The van der Waals surface area contributed by atoms with E-state index in [1.807, 2.05) is 20.8 Å². The van der Waals surface area contributed by atoms with E-state index in [9.17, 15) is 4.79 Å². The van der Waals surface area contributed by atoms with Gasteiger partial charge in [-0.05, 0) is 28.1 Å². The van der Waals surface area contributed by atoms with Crippen LogP contribution in [0.25, 0.3) is 0 Å². The lowest BCUT2D eigenvalue weighted by molar-refractivity contribution is 0.0857. The number of carbonyl (C=O) groups excluding carboxylic acids is 1. The molecule has 0 aliphatic carbocycles. The molecular weight excluding hydrogens is 284 g/mol. The Balaban J connectivity index is 3.31. The van der Waals surface area contributed by atoms with E-state index in [1.165, 1.54) is 0 Å². The number of halogens is 1. The van der Waals surface area contributed by atoms with Gasteiger partial charge in [0.15, 0.2) is 17.3 Å². The second-order valence-electron chi connectivity index (χ2n) is 4.77. The molecule has 0 aliphatic heterocycles. The number of methoxy groups -OCH3 is 2. The van der Waals surface area contributed by atoms with Crippen LogP contribution in [0.2, 0.25) is 0 Å². The summed E-state index contributed by atoms with van der Waals surface area (Å²) in [6.45, 7) is 5.66. The van der Waals surface area contributed by atoms with Gasteiger partial charge in [0.25, 0.3) is 0 Å². The lowest BCUT2D eigenvalue weighted by Crippen LogP contribution is -2.20. The quantitative estimate of drug-likeness (QED) is 0.799. The van der Waals surface area contributed by atoms with Crippen molar-refractivity contribution in [2.45, 2.75) is 20.8 Å². The zero-order valence-electron chi connectivity index (χ0n) is 10.8. The summed E-state index contributed by atoms with van der Waals surface area (Å²) in [5, 5.41) is 0. The molecule has 0 heterocycles. The van der Waals surface area contributed by atoms with E-state index >= 15 is 0 Å². The minimum absolute atomic E-state index is 0.0605. The summed E-state index contributed by atoms with van der Waals surface area (Å²) in [7, 11) is 3.12. The van der Waals surface area contributed by atoms with Crippen molar-refractivity contribution in [3.63, 3.8) is 0 Å². The van der Waals surface area contributed by atoms with Crippen molar-refractivity contribution in [3.05, 3.63) is 22.2 Å². The highest BCUT2D eigenvalue weighted by Gasteiger charge is 2.26. The molecule has 0 saturated heterocycles. The Morgan fingerprint density at radius 1 is 1.12 bits per heavy atom. The van der Waals surface area contributed by atoms with Crippen LogP contribution in [0.5, 0.6) is 11.5 Å². The zero-order chi connectivity index (χ0) is 13.2. The summed E-state index contributed by atoms with van der Waals surface area (Å²) in [4.78, 5) is 12.2. The Kier molecular flexibility index (Phi) is 4.20. The maximum atomic E-state index is 12.2. The number of ketones is 1. The predicted molar refractivity (Wildman–Crippen MR) is 71.0 cm³/mol. The molecular formula is C13H17BrO3. The Morgan fingerprint density at radius 3 is 2.00 bits per heavy atom. The molecule has 0 fully saturated rings. The minimum Gasteiger partial charge on any atom is -0.493 e. The van der Waals surface area contributed by atoms with Crippen molar-refractivity contribution in [1.82, 2.24) is 0 Å². The first-order chi connectivity index (χ1) is 7.81. The fraction of sp³-hybridized carbons (Fsp3) is 0.462. The number of benzene rings is 1. The van der Waals surface area contributed by atoms with E-state index in [-0.39, 0.29) is 5.78 Å². The molecule has 0 radical (unpaired) electrons. The molecule has 0 unspecified atom stereocenters. The topological polar surface area (TPSA) is 35.5 Å². The number of hydrogen-bond acceptors (Lipinski definition) is 3. The van der Waals surface area contributed by atoms with Crippen molar-refractivity contribution in [1.29, 1.82) is 0 Å². The van der Waals surface area contributed by atoms with Crippen LogP contribution >= 0.6 is 15.9 Å². The highest BCUT2D eigenvalue weighted by molar-refractivity contribution is 9.10. The summed E-state index contributed by atoms with van der Waals surface area (Å²) in [6, 6.07) is 3.45. The van der Waals surface area contributed by atoms with Crippen LogP contribution in [0, 0.1) is 5.41 Å². The molecule has 0 atom stereocenters. The van der Waals surface area contributed by atoms with Gasteiger partial charge in [0.1, 0.15) is 0 Å². The van der Waals surface area contributed by atoms with Crippen LogP contribution in [0.4, 0.5) is 0 Å². The maximum absolute atomic E-state index is 12.2. The van der Waals surface area contributed by atoms with Gasteiger partial charge in [-0.15, -0.1) is 0 Å².